The van der Waals surface area contributed by atoms with Gasteiger partial charge in [-0.25, -0.2) is 0 Å². The summed E-state index contributed by atoms with van der Waals surface area (Å²) in [5.41, 5.74) is 9.64. The topological polar surface area (TPSA) is 55.4 Å². The first-order valence-electron chi connectivity index (χ1n) is 9.22. The highest BCUT2D eigenvalue weighted by atomic mass is 16.3. The molecule has 0 saturated heterocycles. The molecule has 0 amide bonds. The number of hydrogen-bond donors (Lipinski definition) is 1. The van der Waals surface area contributed by atoms with Crippen LogP contribution < -0.4 is 5.73 Å². The third-order valence-corrected chi connectivity index (χ3v) is 5.00. The van der Waals surface area contributed by atoms with Crippen molar-refractivity contribution in [1.29, 1.82) is 0 Å². The second-order valence-corrected chi connectivity index (χ2v) is 7.40. The van der Waals surface area contributed by atoms with Gasteiger partial charge in [0.1, 0.15) is 5.69 Å². The summed E-state index contributed by atoms with van der Waals surface area (Å²) in [5, 5.41) is 3.13. The van der Waals surface area contributed by atoms with E-state index in [1.807, 2.05) is 24.3 Å². The van der Waals surface area contributed by atoms with Gasteiger partial charge >= 0.3 is 0 Å². The molecule has 2 atom stereocenters. The molecule has 1 aromatic carbocycles. The Morgan fingerprint density at radius 1 is 1.26 bits per heavy atom. The standard InChI is InChI=1S/C24H28N2O/c1-5-8-18-10-7-11-20(12-14-22(25)16-18)24(3,4)21-13-15-23(26-27)19(17-21)9-6-2/h5-6,12-17,20,22H,1-2,8-10,25H2,3-4H3/b14-12-,18-16+. The molecule has 2 rings (SSSR count). The van der Waals surface area contributed by atoms with Crippen LogP contribution in [0.3, 0.4) is 0 Å². The van der Waals surface area contributed by atoms with Crippen molar-refractivity contribution in [2.45, 2.75) is 44.6 Å². The Morgan fingerprint density at radius 3 is 2.67 bits per heavy atom. The third kappa shape index (κ3) is 5.15. The molecule has 2 unspecified atom stereocenters. The van der Waals surface area contributed by atoms with Gasteiger partial charge in [-0.05, 0) is 35.2 Å². The molecule has 0 saturated carbocycles. The van der Waals surface area contributed by atoms with Gasteiger partial charge in [-0.15, -0.1) is 18.1 Å². The molecular formula is C24H28N2O. The first-order chi connectivity index (χ1) is 12.9. The minimum atomic E-state index is -0.247. The Morgan fingerprint density at radius 2 is 2.00 bits per heavy atom. The molecule has 0 aromatic heterocycles. The van der Waals surface area contributed by atoms with Gasteiger partial charge in [-0.3, -0.25) is 0 Å². The summed E-state index contributed by atoms with van der Waals surface area (Å²) in [7, 11) is 0. The Kier molecular flexibility index (Phi) is 7.10. The van der Waals surface area contributed by atoms with Crippen molar-refractivity contribution in [1.82, 2.24) is 0 Å². The van der Waals surface area contributed by atoms with Crippen LogP contribution in [0.2, 0.25) is 0 Å². The van der Waals surface area contributed by atoms with E-state index in [4.69, 9.17) is 5.73 Å². The van der Waals surface area contributed by atoms with E-state index in [0.29, 0.717) is 18.5 Å². The molecule has 0 bridgehead atoms. The van der Waals surface area contributed by atoms with E-state index < -0.39 is 0 Å². The number of nitrogens with zero attached hydrogens (tertiary/aromatic N) is 1. The van der Waals surface area contributed by atoms with E-state index in [1.165, 1.54) is 5.57 Å². The zero-order valence-electron chi connectivity index (χ0n) is 16.2. The lowest BCUT2D eigenvalue weighted by atomic mass is 9.72. The molecule has 1 aliphatic carbocycles. The zero-order chi connectivity index (χ0) is 19.9. The van der Waals surface area contributed by atoms with Crippen LogP contribution in [0.1, 0.15) is 37.8 Å². The molecular weight excluding hydrogens is 332 g/mol. The summed E-state index contributed by atoms with van der Waals surface area (Å²) in [6.07, 6.45) is 12.0. The molecule has 0 fully saturated rings. The lowest BCUT2D eigenvalue weighted by Crippen LogP contribution is -2.27. The molecule has 3 heteroatoms. The van der Waals surface area contributed by atoms with Gasteiger partial charge in [-0.1, -0.05) is 73.8 Å². The molecule has 1 aliphatic rings. The maximum absolute atomic E-state index is 11.1. The Bertz CT molecular complexity index is 834. The number of benzene rings is 1. The SMILES string of the molecule is C=CC/C1=C\C(N)/C=C\C(C(C)(C)c2ccc(N=O)c(CC=C)c2)C#CC1. The lowest BCUT2D eigenvalue weighted by molar-refractivity contribution is 0.455. The number of allylic oxidation sites excluding steroid dienone is 4. The summed E-state index contributed by atoms with van der Waals surface area (Å²) in [5.74, 6) is 6.74. The average molecular weight is 361 g/mol. The summed E-state index contributed by atoms with van der Waals surface area (Å²) < 4.78 is 0. The highest BCUT2D eigenvalue weighted by Gasteiger charge is 2.29. The van der Waals surface area contributed by atoms with Gasteiger partial charge in [0.05, 0.1) is 0 Å². The van der Waals surface area contributed by atoms with Gasteiger partial charge < -0.3 is 5.73 Å². The van der Waals surface area contributed by atoms with E-state index in [-0.39, 0.29) is 17.4 Å². The first-order valence-corrected chi connectivity index (χ1v) is 9.22. The monoisotopic (exact) mass is 360 g/mol. The van der Waals surface area contributed by atoms with Crippen molar-refractivity contribution in [2.24, 2.45) is 16.8 Å². The second kappa shape index (κ2) is 9.30. The molecule has 2 N–H and O–H groups in total. The maximum Gasteiger partial charge on any atom is 0.111 e. The van der Waals surface area contributed by atoms with Crippen molar-refractivity contribution in [3.05, 3.63) is 83.3 Å². The quantitative estimate of drug-likeness (QED) is 0.396. The zero-order valence-corrected chi connectivity index (χ0v) is 16.2. The summed E-state index contributed by atoms with van der Waals surface area (Å²) in [6, 6.07) is 5.65. The van der Waals surface area contributed by atoms with Crippen molar-refractivity contribution >= 4 is 5.69 Å². The molecule has 0 spiro atoms. The first kappa shape index (κ1) is 20.6. The van der Waals surface area contributed by atoms with Gasteiger partial charge in [0, 0.05) is 23.8 Å². The fourth-order valence-electron chi connectivity index (χ4n) is 3.27. The van der Waals surface area contributed by atoms with Crippen LogP contribution >= 0.6 is 0 Å². The highest BCUT2D eigenvalue weighted by molar-refractivity contribution is 5.50. The maximum atomic E-state index is 11.1. The number of rotatable bonds is 7. The van der Waals surface area contributed by atoms with Crippen molar-refractivity contribution in [3.8, 4) is 11.8 Å². The van der Waals surface area contributed by atoms with E-state index in [9.17, 15) is 4.91 Å². The third-order valence-electron chi connectivity index (χ3n) is 5.00. The number of nitrogens with two attached hydrogens (primary N) is 1. The molecule has 0 heterocycles. The summed E-state index contributed by atoms with van der Waals surface area (Å²) in [4.78, 5) is 11.1. The van der Waals surface area contributed by atoms with Crippen LogP contribution in [0.4, 0.5) is 5.69 Å². The Labute approximate surface area is 162 Å². The van der Waals surface area contributed by atoms with Crippen molar-refractivity contribution in [2.75, 3.05) is 0 Å². The number of nitroso groups, excluding NO2 is 1. The van der Waals surface area contributed by atoms with Gasteiger partial charge in [-0.2, -0.15) is 0 Å². The van der Waals surface area contributed by atoms with Crippen LogP contribution in [-0.2, 0) is 11.8 Å². The lowest BCUT2D eigenvalue weighted by Gasteiger charge is -2.30. The molecule has 27 heavy (non-hydrogen) atoms. The molecule has 3 nitrogen and oxygen atoms in total. The largest absolute Gasteiger partial charge is 0.321 e. The molecule has 0 aliphatic heterocycles. The van der Waals surface area contributed by atoms with Crippen LogP contribution in [0.25, 0.3) is 0 Å². The van der Waals surface area contributed by atoms with E-state index in [2.05, 4.69) is 56.2 Å². The summed E-state index contributed by atoms with van der Waals surface area (Å²) in [6.45, 7) is 11.9. The molecule has 140 valence electrons. The average Bonchev–Trinajstić information content (AvgIpc) is 2.73. The van der Waals surface area contributed by atoms with Crippen LogP contribution in [0, 0.1) is 22.7 Å². The fourth-order valence-corrected chi connectivity index (χ4v) is 3.27. The van der Waals surface area contributed by atoms with Gasteiger partial charge in [0.2, 0.25) is 0 Å². The Balaban J connectivity index is 2.40. The second-order valence-electron chi connectivity index (χ2n) is 7.40. The van der Waals surface area contributed by atoms with Crippen LogP contribution in [0.15, 0.2) is 72.5 Å². The highest BCUT2D eigenvalue weighted by Crippen LogP contribution is 2.35. The smallest absolute Gasteiger partial charge is 0.111 e. The molecule has 0 radical (unpaired) electrons. The van der Waals surface area contributed by atoms with E-state index in [1.54, 1.807) is 12.1 Å². The normalized spacial score (nSPS) is 22.7. The van der Waals surface area contributed by atoms with E-state index in [0.717, 1.165) is 17.5 Å². The minimum absolute atomic E-state index is 0.00616. The van der Waals surface area contributed by atoms with Crippen molar-refractivity contribution < 1.29 is 0 Å². The van der Waals surface area contributed by atoms with E-state index >= 15 is 0 Å². The number of hydrogen-bond acceptors (Lipinski definition) is 3. The Hall–Kier alpha value is -2.70. The molecule has 1 aromatic rings. The van der Waals surface area contributed by atoms with Crippen molar-refractivity contribution in [3.63, 3.8) is 0 Å². The fraction of sp³-hybridized carbons (Fsp3) is 0.333. The predicted octanol–water partition coefficient (Wildman–Crippen LogP) is 5.50. The van der Waals surface area contributed by atoms with Crippen LogP contribution in [-0.4, -0.2) is 6.04 Å². The van der Waals surface area contributed by atoms with Gasteiger partial charge in [0.15, 0.2) is 0 Å². The van der Waals surface area contributed by atoms with Crippen LogP contribution in [0.5, 0.6) is 0 Å². The van der Waals surface area contributed by atoms with Gasteiger partial charge in [0.25, 0.3) is 0 Å². The predicted molar refractivity (Wildman–Crippen MR) is 115 cm³/mol. The minimum Gasteiger partial charge on any atom is -0.321 e. The summed E-state index contributed by atoms with van der Waals surface area (Å²) >= 11 is 0.